The standard InChI is InChI=1S/C12H16N4O/c1-2-3-10(13)12(17)15-9-5-4-8-7-14-16-11(8)6-9/h4-7,10H,2-3,13H2,1H3,(H,14,16)(H,15,17)/t10-/m1/s1. The van der Waals surface area contributed by atoms with Crippen LogP contribution >= 0.6 is 0 Å². The molecule has 0 radical (unpaired) electrons. The van der Waals surface area contributed by atoms with E-state index >= 15 is 0 Å². The summed E-state index contributed by atoms with van der Waals surface area (Å²) in [6.07, 6.45) is 3.33. The Labute approximate surface area is 99.4 Å². The number of aromatic amines is 1. The number of hydrogen-bond acceptors (Lipinski definition) is 3. The van der Waals surface area contributed by atoms with Crippen LogP contribution in [0.4, 0.5) is 5.69 Å². The van der Waals surface area contributed by atoms with Gasteiger partial charge in [-0.25, -0.2) is 0 Å². The molecule has 0 unspecified atom stereocenters. The predicted octanol–water partition coefficient (Wildman–Crippen LogP) is 1.63. The number of rotatable bonds is 4. The van der Waals surface area contributed by atoms with Crippen molar-refractivity contribution in [2.24, 2.45) is 5.73 Å². The number of fused-ring (bicyclic) bond motifs is 1. The molecular formula is C12H16N4O. The second kappa shape index (κ2) is 4.97. The summed E-state index contributed by atoms with van der Waals surface area (Å²) in [4.78, 5) is 11.7. The maximum absolute atomic E-state index is 11.7. The highest BCUT2D eigenvalue weighted by atomic mass is 16.2. The molecule has 0 bridgehead atoms. The fourth-order valence-corrected chi connectivity index (χ4v) is 1.69. The second-order valence-electron chi connectivity index (χ2n) is 4.06. The average Bonchev–Trinajstić information content (AvgIpc) is 2.76. The van der Waals surface area contributed by atoms with Crippen LogP contribution in [-0.2, 0) is 4.79 Å². The Morgan fingerprint density at radius 3 is 3.18 bits per heavy atom. The summed E-state index contributed by atoms with van der Waals surface area (Å²) in [5.41, 5.74) is 7.37. The number of nitrogens with zero attached hydrogens (tertiary/aromatic N) is 1. The van der Waals surface area contributed by atoms with Gasteiger partial charge in [0.05, 0.1) is 17.8 Å². The monoisotopic (exact) mass is 232 g/mol. The fourth-order valence-electron chi connectivity index (χ4n) is 1.69. The van der Waals surface area contributed by atoms with E-state index in [9.17, 15) is 4.79 Å². The highest BCUT2D eigenvalue weighted by Crippen LogP contribution is 2.16. The second-order valence-corrected chi connectivity index (χ2v) is 4.06. The molecule has 1 amide bonds. The van der Waals surface area contributed by atoms with Crippen molar-refractivity contribution >= 4 is 22.5 Å². The number of nitrogens with two attached hydrogens (primary N) is 1. The van der Waals surface area contributed by atoms with Crippen LogP contribution in [0.5, 0.6) is 0 Å². The third kappa shape index (κ3) is 2.62. The van der Waals surface area contributed by atoms with Crippen molar-refractivity contribution in [1.82, 2.24) is 10.2 Å². The van der Waals surface area contributed by atoms with Gasteiger partial charge in [0.15, 0.2) is 0 Å². The highest BCUT2D eigenvalue weighted by molar-refractivity contribution is 5.96. The summed E-state index contributed by atoms with van der Waals surface area (Å²) < 4.78 is 0. The number of hydrogen-bond donors (Lipinski definition) is 3. The zero-order valence-electron chi connectivity index (χ0n) is 9.73. The molecule has 2 aromatic rings. The molecule has 1 aromatic heterocycles. The molecule has 1 heterocycles. The highest BCUT2D eigenvalue weighted by Gasteiger charge is 2.12. The van der Waals surface area contributed by atoms with Crippen molar-refractivity contribution in [2.75, 3.05) is 5.32 Å². The van der Waals surface area contributed by atoms with Gasteiger partial charge in [-0.1, -0.05) is 13.3 Å². The molecule has 0 spiro atoms. The van der Waals surface area contributed by atoms with Crippen LogP contribution in [-0.4, -0.2) is 22.1 Å². The van der Waals surface area contributed by atoms with Crippen molar-refractivity contribution in [1.29, 1.82) is 0 Å². The molecule has 0 saturated heterocycles. The van der Waals surface area contributed by atoms with Gasteiger partial charge in [-0.15, -0.1) is 0 Å². The maximum atomic E-state index is 11.7. The maximum Gasteiger partial charge on any atom is 0.241 e. The number of nitrogens with one attached hydrogen (secondary N) is 2. The van der Waals surface area contributed by atoms with Gasteiger partial charge in [0.1, 0.15) is 0 Å². The number of benzene rings is 1. The molecule has 90 valence electrons. The summed E-state index contributed by atoms with van der Waals surface area (Å²) >= 11 is 0. The largest absolute Gasteiger partial charge is 0.325 e. The van der Waals surface area contributed by atoms with Gasteiger partial charge in [-0.05, 0) is 24.6 Å². The summed E-state index contributed by atoms with van der Waals surface area (Å²) in [6, 6.07) is 5.14. The quantitative estimate of drug-likeness (QED) is 0.749. The van der Waals surface area contributed by atoms with E-state index in [2.05, 4.69) is 15.5 Å². The summed E-state index contributed by atoms with van der Waals surface area (Å²) in [5, 5.41) is 10.6. The first-order chi connectivity index (χ1) is 8.20. The first-order valence-electron chi connectivity index (χ1n) is 5.70. The minimum atomic E-state index is -0.447. The Morgan fingerprint density at radius 2 is 2.41 bits per heavy atom. The minimum Gasteiger partial charge on any atom is -0.325 e. The molecule has 0 saturated carbocycles. The Hall–Kier alpha value is -1.88. The van der Waals surface area contributed by atoms with Gasteiger partial charge in [0.25, 0.3) is 0 Å². The normalized spacial score (nSPS) is 12.6. The summed E-state index contributed by atoms with van der Waals surface area (Å²) in [7, 11) is 0. The van der Waals surface area contributed by atoms with Crippen LogP contribution in [0.3, 0.4) is 0 Å². The average molecular weight is 232 g/mol. The van der Waals surface area contributed by atoms with Gasteiger partial charge < -0.3 is 11.1 Å². The lowest BCUT2D eigenvalue weighted by molar-refractivity contribution is -0.117. The van der Waals surface area contributed by atoms with E-state index in [4.69, 9.17) is 5.73 Å². The van der Waals surface area contributed by atoms with E-state index in [0.29, 0.717) is 6.42 Å². The van der Waals surface area contributed by atoms with Crippen LogP contribution in [0.15, 0.2) is 24.4 Å². The van der Waals surface area contributed by atoms with Crippen molar-refractivity contribution in [3.63, 3.8) is 0 Å². The number of aromatic nitrogens is 2. The lowest BCUT2D eigenvalue weighted by Crippen LogP contribution is -2.35. The molecule has 2 rings (SSSR count). The smallest absolute Gasteiger partial charge is 0.241 e. The van der Waals surface area contributed by atoms with Crippen molar-refractivity contribution in [3.8, 4) is 0 Å². The van der Waals surface area contributed by atoms with Gasteiger partial charge >= 0.3 is 0 Å². The molecule has 0 aliphatic rings. The molecule has 1 aromatic carbocycles. The number of amides is 1. The van der Waals surface area contributed by atoms with Gasteiger partial charge in [0, 0.05) is 11.1 Å². The van der Waals surface area contributed by atoms with E-state index in [1.807, 2.05) is 25.1 Å². The van der Waals surface area contributed by atoms with E-state index in [-0.39, 0.29) is 5.91 Å². The molecule has 1 atom stereocenters. The van der Waals surface area contributed by atoms with Crippen molar-refractivity contribution in [3.05, 3.63) is 24.4 Å². The summed E-state index contributed by atoms with van der Waals surface area (Å²) in [6.45, 7) is 2.00. The molecule has 0 fully saturated rings. The first-order valence-corrected chi connectivity index (χ1v) is 5.70. The van der Waals surface area contributed by atoms with Crippen LogP contribution in [0.2, 0.25) is 0 Å². The Bertz CT molecular complexity index is 520. The lowest BCUT2D eigenvalue weighted by Gasteiger charge is -2.11. The first kappa shape index (κ1) is 11.6. The third-order valence-corrected chi connectivity index (χ3v) is 2.65. The molecule has 5 nitrogen and oxygen atoms in total. The SMILES string of the molecule is CCC[C@@H](N)C(=O)Nc1ccc2cn[nH]c2c1. The molecule has 4 N–H and O–H groups in total. The van der Waals surface area contributed by atoms with Crippen molar-refractivity contribution < 1.29 is 4.79 Å². The zero-order valence-corrected chi connectivity index (χ0v) is 9.73. The molecule has 0 aliphatic carbocycles. The molecule has 17 heavy (non-hydrogen) atoms. The third-order valence-electron chi connectivity index (χ3n) is 2.65. The van der Waals surface area contributed by atoms with Gasteiger partial charge in [-0.2, -0.15) is 5.10 Å². The Kier molecular flexibility index (Phi) is 3.39. The topological polar surface area (TPSA) is 83.8 Å². The van der Waals surface area contributed by atoms with Crippen molar-refractivity contribution in [2.45, 2.75) is 25.8 Å². The number of H-pyrrole nitrogens is 1. The number of anilines is 1. The fraction of sp³-hybridized carbons (Fsp3) is 0.333. The zero-order chi connectivity index (χ0) is 12.3. The van der Waals surface area contributed by atoms with Crippen LogP contribution in [0, 0.1) is 0 Å². The van der Waals surface area contributed by atoms with Gasteiger partial charge in [0.2, 0.25) is 5.91 Å². The predicted molar refractivity (Wildman–Crippen MR) is 67.6 cm³/mol. The Morgan fingerprint density at radius 1 is 1.59 bits per heavy atom. The van der Waals surface area contributed by atoms with Crippen LogP contribution in [0.1, 0.15) is 19.8 Å². The molecular weight excluding hydrogens is 216 g/mol. The van der Waals surface area contributed by atoms with E-state index in [0.717, 1.165) is 23.0 Å². The number of carbonyl (C=O) groups excluding carboxylic acids is 1. The van der Waals surface area contributed by atoms with Gasteiger partial charge in [-0.3, -0.25) is 9.89 Å². The minimum absolute atomic E-state index is 0.147. The van der Waals surface area contributed by atoms with E-state index in [1.165, 1.54) is 0 Å². The lowest BCUT2D eigenvalue weighted by atomic mass is 10.1. The summed E-state index contributed by atoms with van der Waals surface area (Å²) in [5.74, 6) is -0.147. The molecule has 5 heteroatoms. The molecule has 0 aliphatic heterocycles. The van der Waals surface area contributed by atoms with E-state index < -0.39 is 6.04 Å². The van der Waals surface area contributed by atoms with E-state index in [1.54, 1.807) is 6.20 Å². The number of carbonyl (C=O) groups is 1. The van der Waals surface area contributed by atoms with Crippen LogP contribution in [0.25, 0.3) is 10.9 Å². The Balaban J connectivity index is 2.09. The van der Waals surface area contributed by atoms with Crippen LogP contribution < -0.4 is 11.1 Å².